The lowest BCUT2D eigenvalue weighted by Gasteiger charge is -2.35. The second-order valence-corrected chi connectivity index (χ2v) is 28.1. The number of carbonyl (C=O) groups is 12. The zero-order valence-corrected chi connectivity index (χ0v) is 63.6. The average Bonchev–Trinajstić information content (AvgIpc) is 0.885. The Balaban J connectivity index is 5.82. The second kappa shape index (κ2) is 52.4. The van der Waals surface area contributed by atoms with E-state index in [9.17, 15) is 57.5 Å². The van der Waals surface area contributed by atoms with Gasteiger partial charge in [-0.2, -0.15) is 0 Å². The monoisotopic (exact) mass is 1450 g/mol. The van der Waals surface area contributed by atoms with Crippen LogP contribution in [0.25, 0.3) is 0 Å². The number of hydrogen-bond acceptors (Lipinski definition) is 18. The van der Waals surface area contributed by atoms with E-state index < -0.39 is 70.3 Å². The molecule has 30 heteroatoms. The number of ether oxygens (including phenoxy) is 6. The first-order chi connectivity index (χ1) is 48.1. The largest absolute Gasteiger partial charge is 0.461 e. The molecule has 0 aliphatic heterocycles. The topological polar surface area (TPSA) is 352 Å². The molecule has 0 unspecified atom stereocenters. The van der Waals surface area contributed by atoms with Crippen LogP contribution in [0.2, 0.25) is 0 Å². The minimum Gasteiger partial charge on any atom is -0.461 e. The van der Waals surface area contributed by atoms with Gasteiger partial charge in [-0.05, 0) is 147 Å². The number of urea groups is 6. The molecule has 6 N–H and O–H groups in total. The Morgan fingerprint density at radius 2 is 0.451 bits per heavy atom. The normalized spacial score (nSPS) is 11.2. The van der Waals surface area contributed by atoms with E-state index in [1.165, 1.54) is 0 Å². The van der Waals surface area contributed by atoms with Gasteiger partial charge < -0.3 is 79.9 Å². The maximum atomic E-state index is 13.6. The van der Waals surface area contributed by atoms with Gasteiger partial charge in [-0.3, -0.25) is 0 Å². The summed E-state index contributed by atoms with van der Waals surface area (Å²) in [5.41, 5.74) is -2.17. The molecule has 0 bridgehead atoms. The van der Waals surface area contributed by atoms with Gasteiger partial charge in [0.1, 0.15) is 26.4 Å². The first-order valence-electron chi connectivity index (χ1n) is 35.9. The van der Waals surface area contributed by atoms with Gasteiger partial charge in [0.2, 0.25) is 0 Å². The summed E-state index contributed by atoms with van der Waals surface area (Å²) in [6.45, 7) is 38.8. The van der Waals surface area contributed by atoms with Gasteiger partial charge in [-0.15, -0.1) is 0 Å². The molecule has 0 aliphatic carbocycles. The van der Waals surface area contributed by atoms with E-state index in [2.05, 4.69) is 58.2 Å². The van der Waals surface area contributed by atoms with E-state index in [1.54, 1.807) is 19.6 Å². The van der Waals surface area contributed by atoms with Crippen molar-refractivity contribution in [3.63, 3.8) is 0 Å². The number of imide groups is 2. The van der Waals surface area contributed by atoms with Crippen molar-refractivity contribution in [2.45, 2.75) is 221 Å². The summed E-state index contributed by atoms with van der Waals surface area (Å²) in [6.07, 6.45) is 13.1. The van der Waals surface area contributed by atoms with Crippen LogP contribution in [0.5, 0.6) is 0 Å². The molecule has 102 heavy (non-hydrogen) atoms. The van der Waals surface area contributed by atoms with E-state index in [-0.39, 0.29) is 129 Å². The predicted octanol–water partition coefficient (Wildman–Crippen LogP) is 10.5. The van der Waals surface area contributed by atoms with Crippen molar-refractivity contribution < 1.29 is 86.0 Å². The number of hydrogen-bond donors (Lipinski definition) is 6. The fourth-order valence-electron chi connectivity index (χ4n) is 9.83. The van der Waals surface area contributed by atoms with E-state index >= 15 is 0 Å². The fourth-order valence-corrected chi connectivity index (χ4v) is 9.83. The van der Waals surface area contributed by atoms with E-state index in [0.29, 0.717) is 116 Å². The van der Waals surface area contributed by atoms with Crippen LogP contribution in [0, 0.1) is 0 Å². The van der Waals surface area contributed by atoms with Gasteiger partial charge >= 0.3 is 72.3 Å². The summed E-state index contributed by atoms with van der Waals surface area (Å²) in [6, 6.07) is -2.50. The number of amides is 14. The molecule has 0 atom stereocenters. The quantitative estimate of drug-likeness (QED) is 0.0143. The number of esters is 4. The number of unbranched alkanes of at least 4 members (excludes halogenated alkanes) is 13. The van der Waals surface area contributed by atoms with E-state index in [4.69, 9.17) is 28.4 Å². The number of carbonyl (C=O) groups excluding carboxylic acids is 12. The molecule has 0 fully saturated rings. The second-order valence-electron chi connectivity index (χ2n) is 28.1. The SMILES string of the molecule is C=CC(=O)OCCN(C(=O)NCCCCCCNC(=O)N(CCCCCCNC(=O)N(CCOC(=O)C=C)C(C)(C)C)C(=O)OCCCCOC(=O)N(CCCCCCNC(=O)N(CCOC(=O)C=C)C(C)(C)C)C(=O)NCCCCCCNC(=O)N(CCOC(=O)C=C)C(C)(C)C)C(C)(C)C. The van der Waals surface area contributed by atoms with Gasteiger partial charge in [0, 0.05) is 98.8 Å². The Morgan fingerprint density at radius 1 is 0.255 bits per heavy atom. The lowest BCUT2D eigenvalue weighted by Crippen LogP contribution is -2.51. The zero-order valence-electron chi connectivity index (χ0n) is 63.6. The molecule has 0 saturated carbocycles. The van der Waals surface area contributed by atoms with Gasteiger partial charge in [0.25, 0.3) is 0 Å². The molecule has 30 nitrogen and oxygen atoms in total. The molecule has 0 radical (unpaired) electrons. The van der Waals surface area contributed by atoms with Crippen LogP contribution in [0.4, 0.5) is 38.4 Å². The average molecular weight is 1450 g/mol. The Labute approximate surface area is 606 Å². The van der Waals surface area contributed by atoms with E-state index in [0.717, 1.165) is 46.9 Å². The molecule has 0 spiro atoms. The predicted molar refractivity (Wildman–Crippen MR) is 390 cm³/mol. The highest BCUT2D eigenvalue weighted by Gasteiger charge is 2.31. The van der Waals surface area contributed by atoms with Crippen molar-refractivity contribution in [1.82, 2.24) is 61.3 Å². The Morgan fingerprint density at radius 3 is 0.647 bits per heavy atom. The van der Waals surface area contributed by atoms with Gasteiger partial charge in [0.15, 0.2) is 0 Å². The first kappa shape index (κ1) is 93.4. The third kappa shape index (κ3) is 43.9. The lowest BCUT2D eigenvalue weighted by atomic mass is 10.1. The Hall–Kier alpha value is -8.60. The molecule has 0 aromatic heterocycles. The summed E-state index contributed by atoms with van der Waals surface area (Å²) < 4.78 is 31.5. The molecular weight excluding hydrogens is 1320 g/mol. The lowest BCUT2D eigenvalue weighted by molar-refractivity contribution is -0.139. The third-order valence-corrected chi connectivity index (χ3v) is 15.5. The Kier molecular flexibility index (Phi) is 48.0. The van der Waals surface area contributed by atoms with Crippen molar-refractivity contribution in [3.05, 3.63) is 50.6 Å². The van der Waals surface area contributed by atoms with Crippen molar-refractivity contribution in [2.24, 2.45) is 0 Å². The standard InChI is InChI=1S/C72H126N12O18/c1-17-57(85)97-53-47-81(69(5,6)7)63(91)75-41-31-23-21-29-39-73-61(89)79(45-35-27-25-33-43-77-65(93)83(71(11,12)13)49-55-99-59(87)19-3)67(95)101-51-37-38-52-102-68(96)80(46-36-28-26-34-44-78-66(94)84(72(14,15)16)50-56-100-60(88)20-4)62(90)74-40-30-22-24-32-42-76-64(92)82(70(8,9)10)48-54-98-58(86)18-2/h17-20H,1-4,21-56H2,5-16H3,(H,73,89)(H,74,90)(H,75,91)(H,76,92)(H,77,93)(H,78,94). The highest BCUT2D eigenvalue weighted by molar-refractivity contribution is 5.91. The highest BCUT2D eigenvalue weighted by Crippen LogP contribution is 2.18. The molecule has 14 amide bonds. The van der Waals surface area contributed by atoms with Crippen LogP contribution < -0.4 is 31.9 Å². The molecule has 0 rings (SSSR count). The van der Waals surface area contributed by atoms with Crippen molar-refractivity contribution >= 4 is 72.3 Å². The van der Waals surface area contributed by atoms with Crippen LogP contribution in [-0.2, 0) is 47.6 Å². The summed E-state index contributed by atoms with van der Waals surface area (Å²) in [5.74, 6) is -2.31. The maximum absolute atomic E-state index is 13.6. The highest BCUT2D eigenvalue weighted by atomic mass is 16.6. The van der Waals surface area contributed by atoms with Crippen LogP contribution in [-0.4, -0.2) is 242 Å². The van der Waals surface area contributed by atoms with E-state index in [1.807, 2.05) is 83.1 Å². The summed E-state index contributed by atoms with van der Waals surface area (Å²) in [7, 11) is 0. The molecular formula is C72H126N12O18. The third-order valence-electron chi connectivity index (χ3n) is 15.5. The van der Waals surface area contributed by atoms with Crippen LogP contribution in [0.1, 0.15) is 199 Å². The summed E-state index contributed by atoms with van der Waals surface area (Å²) in [5, 5.41) is 17.3. The van der Waals surface area contributed by atoms with Crippen LogP contribution in [0.3, 0.4) is 0 Å². The van der Waals surface area contributed by atoms with Gasteiger partial charge in [-0.25, -0.2) is 67.3 Å². The van der Waals surface area contributed by atoms with Crippen LogP contribution >= 0.6 is 0 Å². The number of rotatable bonds is 49. The van der Waals surface area contributed by atoms with Gasteiger partial charge in [0.05, 0.1) is 39.4 Å². The maximum Gasteiger partial charge on any atom is 0.417 e. The van der Waals surface area contributed by atoms with Gasteiger partial charge in [-0.1, -0.05) is 77.7 Å². The van der Waals surface area contributed by atoms with Crippen molar-refractivity contribution in [3.8, 4) is 0 Å². The smallest absolute Gasteiger partial charge is 0.417 e. The first-order valence-corrected chi connectivity index (χ1v) is 35.9. The number of nitrogens with zero attached hydrogens (tertiary/aromatic N) is 6. The fraction of sp³-hybridized carbons (Fsp3) is 0.722. The zero-order chi connectivity index (χ0) is 77.2. The molecule has 0 aromatic carbocycles. The Bertz CT molecular complexity index is 2440. The summed E-state index contributed by atoms with van der Waals surface area (Å²) in [4.78, 5) is 161. The minimum atomic E-state index is -0.866. The molecule has 582 valence electrons. The summed E-state index contributed by atoms with van der Waals surface area (Å²) >= 11 is 0. The molecule has 0 heterocycles. The van der Waals surface area contributed by atoms with Crippen molar-refractivity contribution in [1.29, 1.82) is 0 Å². The van der Waals surface area contributed by atoms with Crippen LogP contribution in [0.15, 0.2) is 50.6 Å². The molecule has 0 saturated heterocycles. The number of nitrogens with one attached hydrogen (secondary N) is 6. The molecule has 0 aromatic rings. The van der Waals surface area contributed by atoms with Crippen molar-refractivity contribution in [2.75, 3.05) is 118 Å². The molecule has 0 aliphatic rings. The minimum absolute atomic E-state index is 0.00575.